The molecule has 6 aromatic carbocycles. The Bertz CT molecular complexity index is 3080. The second-order valence-corrected chi connectivity index (χ2v) is 15.0. The van der Waals surface area contributed by atoms with Crippen LogP contribution in [0.3, 0.4) is 0 Å². The maximum Gasteiger partial charge on any atom is 0.197 e. The Morgan fingerprint density at radius 1 is 0.688 bits per heavy atom. The first-order valence-corrected chi connectivity index (χ1v) is 17.4. The molecule has 3 nitrogen and oxygen atoms in total. The van der Waals surface area contributed by atoms with Crippen molar-refractivity contribution in [1.29, 1.82) is 0 Å². The summed E-state index contributed by atoms with van der Waals surface area (Å²) in [4.78, 5) is 3.97. The van der Waals surface area contributed by atoms with Gasteiger partial charge in [0.15, 0.2) is 7.28 Å². The lowest BCUT2D eigenvalue weighted by Gasteiger charge is -2.25. The number of aromatic amines is 1. The highest BCUT2D eigenvalue weighted by molar-refractivity contribution is 7.26. The van der Waals surface area contributed by atoms with E-state index in [1.54, 1.807) is 0 Å². The van der Waals surface area contributed by atoms with Gasteiger partial charge in [-0.3, -0.25) is 0 Å². The van der Waals surface area contributed by atoms with Gasteiger partial charge in [0.1, 0.15) is 11.2 Å². The van der Waals surface area contributed by atoms with E-state index in [-0.39, 0.29) is 5.41 Å². The fourth-order valence-corrected chi connectivity index (χ4v) is 10.4. The van der Waals surface area contributed by atoms with Gasteiger partial charge >= 0.3 is 0 Å². The van der Waals surface area contributed by atoms with Crippen molar-refractivity contribution < 1.29 is 4.42 Å². The molecule has 0 saturated carbocycles. The van der Waals surface area contributed by atoms with Crippen LogP contribution in [-0.2, 0) is 5.41 Å². The topological polar surface area (TPSA) is 33.9 Å². The van der Waals surface area contributed by atoms with Gasteiger partial charge in [-0.15, -0.1) is 11.3 Å². The van der Waals surface area contributed by atoms with Gasteiger partial charge in [0.05, 0.1) is 32.5 Å². The molecule has 1 N–H and O–H groups in total. The van der Waals surface area contributed by atoms with Crippen molar-refractivity contribution in [2.75, 3.05) is 0 Å². The molecular weight excluding hydrogens is 603 g/mol. The van der Waals surface area contributed by atoms with Gasteiger partial charge in [0.2, 0.25) is 0 Å². The first-order valence-electron chi connectivity index (χ1n) is 16.6. The summed E-state index contributed by atoms with van der Waals surface area (Å²) in [5, 5.41) is 6.20. The van der Waals surface area contributed by atoms with Crippen molar-refractivity contribution in [2.24, 2.45) is 0 Å². The summed E-state index contributed by atoms with van der Waals surface area (Å²) in [6, 6.07) is 42.1. The molecule has 0 spiro atoms. The van der Waals surface area contributed by atoms with Gasteiger partial charge in [0.25, 0.3) is 0 Å². The maximum atomic E-state index is 6.74. The Hall–Kier alpha value is -5.52. The van der Waals surface area contributed by atoms with Crippen LogP contribution < -0.4 is 10.9 Å². The van der Waals surface area contributed by atoms with E-state index in [1.807, 2.05) is 11.3 Å². The minimum atomic E-state index is -0.0989. The number of benzene rings is 6. The molecule has 1 aliphatic heterocycles. The van der Waals surface area contributed by atoms with E-state index < -0.39 is 0 Å². The zero-order valence-corrected chi connectivity index (χ0v) is 27.1. The van der Waals surface area contributed by atoms with Gasteiger partial charge in [0, 0.05) is 48.3 Å². The van der Waals surface area contributed by atoms with Gasteiger partial charge in [-0.1, -0.05) is 116 Å². The average Bonchev–Trinajstić information content (AvgIpc) is 3.90. The highest BCUT2D eigenvalue weighted by atomic mass is 32.1. The zero-order valence-electron chi connectivity index (χ0n) is 26.3. The molecule has 223 valence electrons. The number of nitrogens with one attached hydrogen (secondary N) is 1. The monoisotopic (exact) mass is 629 g/mol. The summed E-state index contributed by atoms with van der Waals surface area (Å²) >= 11 is 1.90. The molecule has 1 radical (unpaired) electrons. The van der Waals surface area contributed by atoms with E-state index in [0.717, 1.165) is 16.6 Å². The van der Waals surface area contributed by atoms with Crippen LogP contribution >= 0.6 is 11.3 Å². The zero-order chi connectivity index (χ0) is 31.5. The Labute approximate surface area is 280 Å². The quantitative estimate of drug-likeness (QED) is 0.180. The Balaban J connectivity index is 1.27. The van der Waals surface area contributed by atoms with E-state index >= 15 is 0 Å². The number of hydrogen-bond donors (Lipinski definition) is 1. The summed E-state index contributed by atoms with van der Waals surface area (Å²) < 4.78 is 12.0. The minimum Gasteiger partial charge on any atom is -0.456 e. The summed E-state index contributed by atoms with van der Waals surface area (Å²) in [7, 11) is 2.43. The summed E-state index contributed by atoms with van der Waals surface area (Å²) in [5.74, 6) is 0. The third kappa shape index (κ3) is 2.90. The molecule has 1 aliphatic carbocycles. The fraction of sp³-hybridized carbons (Fsp3) is 0.0698. The molecule has 0 saturated heterocycles. The smallest absolute Gasteiger partial charge is 0.197 e. The number of para-hydroxylation sites is 3. The lowest BCUT2D eigenvalue weighted by atomic mass is 9.58. The normalized spacial score (nSPS) is 14.4. The van der Waals surface area contributed by atoms with Crippen LogP contribution in [0.2, 0.25) is 0 Å². The lowest BCUT2D eigenvalue weighted by molar-refractivity contribution is 0.666. The van der Waals surface area contributed by atoms with E-state index in [1.165, 1.54) is 97.6 Å². The van der Waals surface area contributed by atoms with Crippen molar-refractivity contribution in [3.8, 4) is 28.1 Å². The molecule has 0 bridgehead atoms. The number of H-pyrrole nitrogens is 1. The van der Waals surface area contributed by atoms with Crippen molar-refractivity contribution in [1.82, 2.24) is 9.55 Å². The van der Waals surface area contributed by atoms with Crippen molar-refractivity contribution in [3.05, 3.63) is 126 Å². The molecule has 12 rings (SSSR count). The standard InChI is InChI=1S/C43H26BN2OS/c1-43(2)29-17-6-3-11-23(29)38-35(43)26-15-9-14-22(37(26)45-38)28-21-32-34(24-12-4-7-19-31(24)47-32)41-36(28)44-30-18-10-16-27-39(30)46(41)40-25-13-5-8-20-33(25)48-42(27)40/h3-21,45H,1-2H3. The predicted octanol–water partition coefficient (Wildman–Crippen LogP) is 10.3. The number of thiophene rings is 1. The number of rotatable bonds is 1. The summed E-state index contributed by atoms with van der Waals surface area (Å²) in [6.45, 7) is 4.72. The molecule has 4 aromatic heterocycles. The van der Waals surface area contributed by atoms with Crippen molar-refractivity contribution >= 4 is 93.6 Å². The molecule has 5 heterocycles. The molecule has 0 fully saturated rings. The number of fused-ring (bicyclic) bond motifs is 16. The van der Waals surface area contributed by atoms with E-state index in [9.17, 15) is 0 Å². The molecule has 0 unspecified atom stereocenters. The first kappa shape index (κ1) is 25.6. The second-order valence-electron chi connectivity index (χ2n) is 13.9. The van der Waals surface area contributed by atoms with Crippen LogP contribution in [0.5, 0.6) is 0 Å². The van der Waals surface area contributed by atoms with Crippen LogP contribution in [-0.4, -0.2) is 16.8 Å². The highest BCUT2D eigenvalue weighted by Crippen LogP contribution is 2.53. The lowest BCUT2D eigenvalue weighted by Crippen LogP contribution is -2.37. The molecule has 48 heavy (non-hydrogen) atoms. The molecule has 0 amide bonds. The molecule has 5 heteroatoms. The van der Waals surface area contributed by atoms with E-state index in [4.69, 9.17) is 4.42 Å². The maximum absolute atomic E-state index is 6.74. The SMILES string of the molecule is CC1(C)c2ccccc2-c2[nH]c3c(-c4cc5oc6ccccc6c5c5c4[B]c4cccc6c7sc8ccccc8c7n-5c46)cccc3c21. The minimum absolute atomic E-state index is 0.0989. The average molecular weight is 630 g/mol. The van der Waals surface area contributed by atoms with Gasteiger partial charge < -0.3 is 14.0 Å². The van der Waals surface area contributed by atoms with E-state index in [0.29, 0.717) is 0 Å². The van der Waals surface area contributed by atoms with Crippen LogP contribution in [0.4, 0.5) is 0 Å². The third-order valence-electron chi connectivity index (χ3n) is 11.2. The van der Waals surface area contributed by atoms with Crippen LogP contribution in [0, 0.1) is 0 Å². The highest BCUT2D eigenvalue weighted by Gasteiger charge is 2.39. The third-order valence-corrected chi connectivity index (χ3v) is 12.3. The van der Waals surface area contributed by atoms with E-state index in [2.05, 4.69) is 146 Å². The summed E-state index contributed by atoms with van der Waals surface area (Å²) in [6.07, 6.45) is 0. The first-order chi connectivity index (χ1) is 23.6. The second kappa shape index (κ2) is 8.49. The van der Waals surface area contributed by atoms with Gasteiger partial charge in [-0.05, 0) is 40.4 Å². The molecule has 10 aromatic rings. The molecular formula is C43H26BN2OS. The number of aromatic nitrogens is 2. The Morgan fingerprint density at radius 2 is 1.44 bits per heavy atom. The molecule has 2 aliphatic rings. The Kier molecular flexibility index (Phi) is 4.52. The summed E-state index contributed by atoms with van der Waals surface area (Å²) in [5.41, 5.74) is 16.8. The largest absolute Gasteiger partial charge is 0.456 e. The van der Waals surface area contributed by atoms with Crippen molar-refractivity contribution in [3.63, 3.8) is 0 Å². The van der Waals surface area contributed by atoms with Crippen LogP contribution in [0.1, 0.15) is 25.0 Å². The van der Waals surface area contributed by atoms with Crippen molar-refractivity contribution in [2.45, 2.75) is 19.3 Å². The van der Waals surface area contributed by atoms with Crippen LogP contribution in [0.25, 0.3) is 92.1 Å². The van der Waals surface area contributed by atoms with Gasteiger partial charge in [-0.25, -0.2) is 0 Å². The number of hydrogen-bond acceptors (Lipinski definition) is 2. The van der Waals surface area contributed by atoms with Crippen LogP contribution in [0.15, 0.2) is 120 Å². The number of furan rings is 1. The number of nitrogens with zero attached hydrogens (tertiary/aromatic N) is 1. The fourth-order valence-electron chi connectivity index (χ4n) is 9.19. The molecule has 0 atom stereocenters. The Morgan fingerprint density at radius 3 is 2.38 bits per heavy atom. The predicted molar refractivity (Wildman–Crippen MR) is 203 cm³/mol. The van der Waals surface area contributed by atoms with Gasteiger partial charge in [-0.2, -0.15) is 0 Å².